The van der Waals surface area contributed by atoms with Gasteiger partial charge in [-0.2, -0.15) is 0 Å². The van der Waals surface area contributed by atoms with E-state index in [1.807, 2.05) is 6.07 Å². The summed E-state index contributed by atoms with van der Waals surface area (Å²) in [4.78, 5) is 4.63. The summed E-state index contributed by atoms with van der Waals surface area (Å²) in [6.07, 6.45) is 3.83. The first-order chi connectivity index (χ1) is 8.94. The van der Waals surface area contributed by atoms with Crippen molar-refractivity contribution >= 4 is 15.9 Å². The Labute approximate surface area is 123 Å². The predicted octanol–water partition coefficient (Wildman–Crippen LogP) is 3.50. The summed E-state index contributed by atoms with van der Waals surface area (Å²) in [6.45, 7) is 1.80. The molecule has 0 atom stereocenters. The van der Waals surface area contributed by atoms with Gasteiger partial charge < -0.3 is 9.80 Å². The highest BCUT2D eigenvalue weighted by Crippen LogP contribution is 2.37. The monoisotopic (exact) mass is 328 g/mol. The van der Waals surface area contributed by atoms with Gasteiger partial charge in [0.25, 0.3) is 0 Å². The van der Waals surface area contributed by atoms with Crippen LogP contribution in [0, 0.1) is 5.82 Å². The molecule has 19 heavy (non-hydrogen) atoms. The minimum atomic E-state index is -0.183. The number of likely N-dealkylation sites (N-methyl/N-ethyl adjacent to an activating group) is 2. The van der Waals surface area contributed by atoms with E-state index in [0.717, 1.165) is 18.7 Å². The molecule has 1 aliphatic carbocycles. The van der Waals surface area contributed by atoms with Crippen LogP contribution in [0.4, 0.5) is 4.39 Å². The molecule has 0 heterocycles. The SMILES string of the molecule is CN(Cc1cccc(F)c1Br)CC1(N(C)C)CCC1. The Morgan fingerprint density at radius 1 is 1.26 bits per heavy atom. The summed E-state index contributed by atoms with van der Waals surface area (Å²) >= 11 is 3.34. The standard InChI is InChI=1S/C15H22BrFN2/c1-18(2)15(8-5-9-15)11-19(3)10-12-6-4-7-13(17)14(12)16/h4,6-7H,5,8-11H2,1-3H3. The second kappa shape index (κ2) is 5.90. The minimum absolute atomic E-state index is 0.183. The van der Waals surface area contributed by atoms with E-state index in [-0.39, 0.29) is 5.82 Å². The van der Waals surface area contributed by atoms with E-state index in [1.165, 1.54) is 25.3 Å². The van der Waals surface area contributed by atoms with Gasteiger partial charge in [-0.05, 0) is 68.0 Å². The summed E-state index contributed by atoms with van der Waals surface area (Å²) in [5, 5.41) is 0. The van der Waals surface area contributed by atoms with Gasteiger partial charge >= 0.3 is 0 Å². The van der Waals surface area contributed by atoms with E-state index >= 15 is 0 Å². The number of rotatable bonds is 5. The zero-order chi connectivity index (χ0) is 14.0. The lowest BCUT2D eigenvalue weighted by Crippen LogP contribution is -2.56. The quantitative estimate of drug-likeness (QED) is 0.816. The van der Waals surface area contributed by atoms with Crippen LogP contribution in [-0.4, -0.2) is 43.0 Å². The maximum Gasteiger partial charge on any atom is 0.137 e. The van der Waals surface area contributed by atoms with E-state index in [2.05, 4.69) is 46.9 Å². The Bertz CT molecular complexity index is 444. The largest absolute Gasteiger partial charge is 0.302 e. The van der Waals surface area contributed by atoms with E-state index < -0.39 is 0 Å². The lowest BCUT2D eigenvalue weighted by molar-refractivity contribution is 0.0258. The van der Waals surface area contributed by atoms with Gasteiger partial charge in [-0.3, -0.25) is 0 Å². The van der Waals surface area contributed by atoms with Crippen LogP contribution < -0.4 is 0 Å². The smallest absolute Gasteiger partial charge is 0.137 e. The first-order valence-electron chi connectivity index (χ1n) is 6.73. The molecule has 1 saturated carbocycles. The number of halogens is 2. The van der Waals surface area contributed by atoms with Crippen molar-refractivity contribution in [1.82, 2.24) is 9.80 Å². The third kappa shape index (κ3) is 3.18. The zero-order valence-corrected chi connectivity index (χ0v) is 13.5. The van der Waals surface area contributed by atoms with Crippen LogP contribution in [0.3, 0.4) is 0 Å². The van der Waals surface area contributed by atoms with Crippen molar-refractivity contribution < 1.29 is 4.39 Å². The number of hydrogen-bond donors (Lipinski definition) is 0. The number of nitrogens with zero attached hydrogens (tertiary/aromatic N) is 2. The van der Waals surface area contributed by atoms with Crippen molar-refractivity contribution in [2.45, 2.75) is 31.3 Å². The fourth-order valence-corrected chi connectivity index (χ4v) is 3.24. The Kier molecular flexibility index (Phi) is 4.64. The lowest BCUT2D eigenvalue weighted by Gasteiger charge is -2.49. The molecule has 4 heteroatoms. The molecule has 0 N–H and O–H groups in total. The van der Waals surface area contributed by atoms with Gasteiger partial charge in [0.2, 0.25) is 0 Å². The molecule has 0 unspecified atom stereocenters. The average molecular weight is 329 g/mol. The van der Waals surface area contributed by atoms with Crippen LogP contribution >= 0.6 is 15.9 Å². The van der Waals surface area contributed by atoms with Gasteiger partial charge in [-0.15, -0.1) is 0 Å². The van der Waals surface area contributed by atoms with E-state index in [0.29, 0.717) is 10.0 Å². The second-order valence-electron chi connectivity index (χ2n) is 5.86. The molecule has 0 aromatic heterocycles. The number of benzene rings is 1. The third-order valence-corrected chi connectivity index (χ3v) is 5.16. The van der Waals surface area contributed by atoms with E-state index in [4.69, 9.17) is 0 Å². The molecule has 0 amide bonds. The fraction of sp³-hybridized carbons (Fsp3) is 0.600. The van der Waals surface area contributed by atoms with Gasteiger partial charge in [0.15, 0.2) is 0 Å². The lowest BCUT2D eigenvalue weighted by atomic mass is 9.75. The van der Waals surface area contributed by atoms with Gasteiger partial charge in [0, 0.05) is 18.6 Å². The highest BCUT2D eigenvalue weighted by Gasteiger charge is 2.39. The van der Waals surface area contributed by atoms with E-state index in [9.17, 15) is 4.39 Å². The highest BCUT2D eigenvalue weighted by molar-refractivity contribution is 9.10. The maximum absolute atomic E-state index is 13.5. The summed E-state index contributed by atoms with van der Waals surface area (Å²) < 4.78 is 14.1. The van der Waals surface area contributed by atoms with Crippen molar-refractivity contribution in [2.24, 2.45) is 0 Å². The Morgan fingerprint density at radius 3 is 2.47 bits per heavy atom. The van der Waals surface area contributed by atoms with Crippen molar-refractivity contribution in [3.63, 3.8) is 0 Å². The molecule has 0 radical (unpaired) electrons. The molecule has 1 aliphatic rings. The first kappa shape index (κ1) is 14.9. The van der Waals surface area contributed by atoms with Crippen molar-refractivity contribution in [3.05, 3.63) is 34.1 Å². The zero-order valence-electron chi connectivity index (χ0n) is 11.9. The molecule has 1 aromatic carbocycles. The van der Waals surface area contributed by atoms with Crippen LogP contribution in [0.2, 0.25) is 0 Å². The van der Waals surface area contributed by atoms with Gasteiger partial charge in [0.1, 0.15) is 5.82 Å². The molecular weight excluding hydrogens is 307 g/mol. The fourth-order valence-electron chi connectivity index (χ4n) is 2.85. The van der Waals surface area contributed by atoms with Crippen LogP contribution in [-0.2, 0) is 6.54 Å². The third-order valence-electron chi connectivity index (χ3n) is 4.27. The minimum Gasteiger partial charge on any atom is -0.302 e. The molecule has 0 bridgehead atoms. The van der Waals surface area contributed by atoms with Gasteiger partial charge in [0.05, 0.1) is 4.47 Å². The summed E-state index contributed by atoms with van der Waals surface area (Å²) in [7, 11) is 6.43. The second-order valence-corrected chi connectivity index (χ2v) is 6.65. The Morgan fingerprint density at radius 2 is 1.95 bits per heavy atom. The normalized spacial score (nSPS) is 17.8. The van der Waals surface area contributed by atoms with Crippen molar-refractivity contribution in [2.75, 3.05) is 27.7 Å². The average Bonchev–Trinajstić information content (AvgIpc) is 2.29. The van der Waals surface area contributed by atoms with Crippen LogP contribution in [0.15, 0.2) is 22.7 Å². The molecule has 0 spiro atoms. The molecular formula is C15H22BrFN2. The predicted molar refractivity (Wildman–Crippen MR) is 80.7 cm³/mol. The molecule has 106 valence electrons. The van der Waals surface area contributed by atoms with Gasteiger partial charge in [-0.25, -0.2) is 4.39 Å². The summed E-state index contributed by atoms with van der Waals surface area (Å²) in [5.41, 5.74) is 1.32. The summed E-state index contributed by atoms with van der Waals surface area (Å²) in [5.74, 6) is -0.183. The molecule has 1 aromatic rings. The molecule has 2 nitrogen and oxygen atoms in total. The Balaban J connectivity index is 2.01. The van der Waals surface area contributed by atoms with Crippen molar-refractivity contribution in [3.8, 4) is 0 Å². The van der Waals surface area contributed by atoms with Crippen LogP contribution in [0.1, 0.15) is 24.8 Å². The van der Waals surface area contributed by atoms with Crippen LogP contribution in [0.5, 0.6) is 0 Å². The Hall–Kier alpha value is -0.450. The summed E-state index contributed by atoms with van der Waals surface area (Å²) in [6, 6.07) is 5.24. The highest BCUT2D eigenvalue weighted by atomic mass is 79.9. The molecule has 2 rings (SSSR count). The van der Waals surface area contributed by atoms with Gasteiger partial charge in [-0.1, -0.05) is 12.1 Å². The maximum atomic E-state index is 13.5. The van der Waals surface area contributed by atoms with E-state index in [1.54, 1.807) is 6.07 Å². The first-order valence-corrected chi connectivity index (χ1v) is 7.53. The topological polar surface area (TPSA) is 6.48 Å². The molecule has 0 saturated heterocycles. The number of hydrogen-bond acceptors (Lipinski definition) is 2. The van der Waals surface area contributed by atoms with Crippen LogP contribution in [0.25, 0.3) is 0 Å². The van der Waals surface area contributed by atoms with Crippen molar-refractivity contribution in [1.29, 1.82) is 0 Å². The molecule has 1 fully saturated rings. The molecule has 0 aliphatic heterocycles.